The Balaban J connectivity index is 4.27. The van der Waals surface area contributed by atoms with Crippen molar-refractivity contribution < 1.29 is 29.0 Å². The summed E-state index contributed by atoms with van der Waals surface area (Å²) in [4.78, 5) is 35.3. The van der Waals surface area contributed by atoms with E-state index in [2.05, 4.69) is 24.7 Å². The molecule has 0 heterocycles. The van der Waals surface area contributed by atoms with Crippen LogP contribution in [0, 0.1) is 0 Å². The van der Waals surface area contributed by atoms with Gasteiger partial charge in [-0.2, -0.15) is 0 Å². The molecular formula is C28H50O6. The van der Waals surface area contributed by atoms with Crippen molar-refractivity contribution in [2.24, 2.45) is 0 Å². The number of ether oxygens (including phenoxy) is 2. The summed E-state index contributed by atoms with van der Waals surface area (Å²) in [5, 5.41) is 10.6. The molecule has 0 aliphatic rings. The quantitative estimate of drug-likeness (QED) is 0.1000. The summed E-state index contributed by atoms with van der Waals surface area (Å²) in [7, 11) is 1.33. The van der Waals surface area contributed by atoms with Crippen molar-refractivity contribution in [1.82, 2.24) is 0 Å². The second-order valence-electron chi connectivity index (χ2n) is 9.18. The number of rotatable bonds is 23. The molecule has 0 fully saturated rings. The molecule has 6 nitrogen and oxygen atoms in total. The van der Waals surface area contributed by atoms with Gasteiger partial charge in [0, 0.05) is 25.7 Å². The minimum Gasteiger partial charge on any atom is -0.469 e. The van der Waals surface area contributed by atoms with E-state index in [0.29, 0.717) is 38.5 Å². The Morgan fingerprint density at radius 2 is 1.32 bits per heavy atom. The first-order chi connectivity index (χ1) is 16.4. The van der Waals surface area contributed by atoms with Gasteiger partial charge in [-0.25, -0.2) is 0 Å². The molecule has 0 radical (unpaired) electrons. The third-order valence-corrected chi connectivity index (χ3v) is 5.97. The van der Waals surface area contributed by atoms with Crippen molar-refractivity contribution in [1.29, 1.82) is 0 Å². The largest absolute Gasteiger partial charge is 0.469 e. The maximum atomic E-state index is 12.3. The van der Waals surface area contributed by atoms with Crippen molar-refractivity contribution in [3.63, 3.8) is 0 Å². The highest BCUT2D eigenvalue weighted by Crippen LogP contribution is 2.16. The zero-order valence-corrected chi connectivity index (χ0v) is 22.0. The maximum Gasteiger partial charge on any atom is 0.306 e. The van der Waals surface area contributed by atoms with Crippen LogP contribution in [-0.4, -0.2) is 42.1 Å². The van der Waals surface area contributed by atoms with Crippen molar-refractivity contribution >= 4 is 17.7 Å². The molecule has 0 saturated carbocycles. The summed E-state index contributed by atoms with van der Waals surface area (Å²) < 4.78 is 10.2. The molecule has 0 aromatic rings. The number of hydrogen-bond donors (Lipinski definition) is 1. The molecule has 34 heavy (non-hydrogen) atoms. The van der Waals surface area contributed by atoms with Crippen LogP contribution >= 0.6 is 0 Å². The zero-order valence-electron chi connectivity index (χ0n) is 22.0. The number of allylic oxidation sites excluding steroid dienone is 1. The Hall–Kier alpha value is -1.69. The van der Waals surface area contributed by atoms with Gasteiger partial charge in [-0.15, -0.1) is 0 Å². The number of carbonyl (C=O) groups excluding carboxylic acids is 3. The Labute approximate surface area is 207 Å². The molecule has 0 aliphatic carbocycles. The van der Waals surface area contributed by atoms with Gasteiger partial charge in [-0.1, -0.05) is 70.9 Å². The Morgan fingerprint density at radius 1 is 0.735 bits per heavy atom. The van der Waals surface area contributed by atoms with Crippen molar-refractivity contribution in [3.8, 4) is 0 Å². The first kappa shape index (κ1) is 32.3. The number of carbonyl (C=O) groups is 3. The van der Waals surface area contributed by atoms with Crippen molar-refractivity contribution in [3.05, 3.63) is 12.2 Å². The van der Waals surface area contributed by atoms with Crippen LogP contribution in [0.2, 0.25) is 0 Å². The summed E-state index contributed by atoms with van der Waals surface area (Å²) in [5.41, 5.74) is 0. The second-order valence-corrected chi connectivity index (χ2v) is 9.18. The number of hydrogen-bond acceptors (Lipinski definition) is 6. The average Bonchev–Trinajstić information content (AvgIpc) is 2.82. The zero-order chi connectivity index (χ0) is 25.4. The molecular weight excluding hydrogens is 432 g/mol. The number of esters is 2. The smallest absolute Gasteiger partial charge is 0.306 e. The number of aliphatic hydroxyl groups excluding tert-OH is 1. The minimum absolute atomic E-state index is 0.0340. The topological polar surface area (TPSA) is 89.9 Å². The van der Waals surface area contributed by atoms with E-state index in [0.717, 1.165) is 25.7 Å². The third kappa shape index (κ3) is 19.7. The molecule has 2 atom stereocenters. The lowest BCUT2D eigenvalue weighted by Gasteiger charge is -2.22. The van der Waals surface area contributed by atoms with Gasteiger partial charge in [0.1, 0.15) is 11.9 Å². The summed E-state index contributed by atoms with van der Waals surface area (Å²) in [6.07, 6.45) is 17.6. The molecule has 0 aromatic heterocycles. The van der Waals surface area contributed by atoms with Crippen LogP contribution in [0.15, 0.2) is 12.2 Å². The Kier molecular flexibility index (Phi) is 21.9. The molecule has 0 bridgehead atoms. The lowest BCUT2D eigenvalue weighted by Crippen LogP contribution is -2.31. The van der Waals surface area contributed by atoms with E-state index in [4.69, 9.17) is 4.74 Å². The lowest BCUT2D eigenvalue weighted by atomic mass is 10.0. The Bertz CT molecular complexity index is 557. The van der Waals surface area contributed by atoms with E-state index in [1.54, 1.807) is 0 Å². The number of aliphatic hydroxyl groups is 1. The molecule has 6 heteroatoms. The van der Waals surface area contributed by atoms with Crippen LogP contribution in [0.1, 0.15) is 129 Å². The van der Waals surface area contributed by atoms with E-state index < -0.39 is 12.2 Å². The highest BCUT2D eigenvalue weighted by Gasteiger charge is 2.22. The first-order valence-corrected chi connectivity index (χ1v) is 13.6. The summed E-state index contributed by atoms with van der Waals surface area (Å²) in [6, 6.07) is 0. The van der Waals surface area contributed by atoms with Gasteiger partial charge in [0.2, 0.25) is 0 Å². The highest BCUT2D eigenvalue weighted by atomic mass is 16.6. The van der Waals surface area contributed by atoms with Crippen LogP contribution in [-0.2, 0) is 23.9 Å². The van der Waals surface area contributed by atoms with Crippen molar-refractivity contribution in [2.75, 3.05) is 7.11 Å². The highest BCUT2D eigenvalue weighted by molar-refractivity contribution is 5.79. The van der Waals surface area contributed by atoms with Gasteiger partial charge in [-0.05, 0) is 44.9 Å². The van der Waals surface area contributed by atoms with E-state index in [9.17, 15) is 19.5 Å². The van der Waals surface area contributed by atoms with Crippen LogP contribution in [0.4, 0.5) is 0 Å². The van der Waals surface area contributed by atoms with Gasteiger partial charge in [0.05, 0.1) is 13.2 Å². The molecule has 0 spiro atoms. The molecule has 1 N–H and O–H groups in total. The summed E-state index contributed by atoms with van der Waals surface area (Å²) in [5.74, 6) is -0.646. The fourth-order valence-corrected chi connectivity index (χ4v) is 3.79. The monoisotopic (exact) mass is 482 g/mol. The molecule has 198 valence electrons. The molecule has 0 rings (SSSR count). The number of ketones is 1. The van der Waals surface area contributed by atoms with Gasteiger partial charge < -0.3 is 14.6 Å². The first-order valence-electron chi connectivity index (χ1n) is 13.6. The predicted octanol–water partition coefficient (Wildman–Crippen LogP) is 6.62. The fraction of sp³-hybridized carbons (Fsp3) is 0.821. The minimum atomic E-state index is -0.707. The standard InChI is InChI=1S/C28H50O6/c1-4-6-8-9-10-11-12-13-15-20-25(30)26(21-14-7-5-2)34-28(32)23-17-19-24(29)18-16-22-27(31)33-3/h13,15,25-26,30H,4-12,14,16-23H2,1-3H3. The van der Waals surface area contributed by atoms with Crippen LogP contribution in [0.25, 0.3) is 0 Å². The number of methoxy groups -OCH3 is 1. The molecule has 0 aliphatic heterocycles. The van der Waals surface area contributed by atoms with Gasteiger partial charge >= 0.3 is 11.9 Å². The van der Waals surface area contributed by atoms with E-state index in [-0.39, 0.29) is 30.6 Å². The second kappa shape index (κ2) is 23.1. The average molecular weight is 483 g/mol. The number of Topliss-reactive ketones (excluding diaryl/α,β-unsaturated/α-hetero) is 1. The normalized spacial score (nSPS) is 13.1. The van der Waals surface area contributed by atoms with E-state index in [1.165, 1.54) is 45.6 Å². The van der Waals surface area contributed by atoms with Crippen LogP contribution in [0.3, 0.4) is 0 Å². The van der Waals surface area contributed by atoms with E-state index >= 15 is 0 Å². The molecule has 0 aromatic carbocycles. The molecule has 2 unspecified atom stereocenters. The number of unbranched alkanes of at least 4 members (excludes halogenated alkanes) is 8. The predicted molar refractivity (Wildman–Crippen MR) is 137 cm³/mol. The summed E-state index contributed by atoms with van der Waals surface area (Å²) >= 11 is 0. The van der Waals surface area contributed by atoms with Crippen LogP contribution in [0.5, 0.6) is 0 Å². The van der Waals surface area contributed by atoms with Crippen LogP contribution < -0.4 is 0 Å². The third-order valence-electron chi connectivity index (χ3n) is 5.97. The fourth-order valence-electron chi connectivity index (χ4n) is 3.79. The van der Waals surface area contributed by atoms with E-state index in [1.807, 2.05) is 6.08 Å². The lowest BCUT2D eigenvalue weighted by molar-refractivity contribution is -0.155. The van der Waals surface area contributed by atoms with Gasteiger partial charge in [0.25, 0.3) is 0 Å². The van der Waals surface area contributed by atoms with Gasteiger partial charge in [0.15, 0.2) is 0 Å². The summed E-state index contributed by atoms with van der Waals surface area (Å²) in [6.45, 7) is 4.34. The maximum absolute atomic E-state index is 12.3. The van der Waals surface area contributed by atoms with Crippen molar-refractivity contribution in [2.45, 2.75) is 142 Å². The molecule has 0 saturated heterocycles. The Morgan fingerprint density at radius 3 is 1.97 bits per heavy atom. The molecule has 0 amide bonds. The van der Waals surface area contributed by atoms with Gasteiger partial charge in [-0.3, -0.25) is 14.4 Å². The SMILES string of the molecule is CCCCCCCCC=CCC(O)C(CCCCC)OC(=O)CCCC(=O)CCCC(=O)OC.